The average molecular weight is 149 g/mol. The summed E-state index contributed by atoms with van der Waals surface area (Å²) in [7, 11) is 0. The Bertz CT molecular complexity index is 165. The van der Waals surface area contributed by atoms with Crippen molar-refractivity contribution in [2.24, 2.45) is 0 Å². The van der Waals surface area contributed by atoms with Crippen LogP contribution in [0, 0.1) is 0 Å². The van der Waals surface area contributed by atoms with E-state index < -0.39 is 0 Å². The predicted molar refractivity (Wildman–Crippen MR) is 37.1 cm³/mol. The lowest BCUT2D eigenvalue weighted by Crippen LogP contribution is -1.67. The molecule has 8 heavy (non-hydrogen) atoms. The molecule has 1 rings (SSSR count). The van der Waals surface area contributed by atoms with Gasteiger partial charge in [-0.2, -0.15) is 0 Å². The zero-order valence-electron chi connectivity index (χ0n) is 4.54. The zero-order chi connectivity index (χ0) is 6.15. The first-order chi connectivity index (χ1) is 3.70. The second-order valence-electron chi connectivity index (χ2n) is 1.90. The first-order valence-electron chi connectivity index (χ1n) is 2.41. The van der Waals surface area contributed by atoms with Gasteiger partial charge in [0.05, 0.1) is 0 Å². The monoisotopic (exact) mass is 148 g/mol. The van der Waals surface area contributed by atoms with E-state index >= 15 is 0 Å². The number of hydrogen-bond donors (Lipinski definition) is 0. The fraction of sp³-hybridized carbons (Fsp3) is 0.333. The summed E-state index contributed by atoms with van der Waals surface area (Å²) in [5.74, 6) is 0. The molecule has 0 aromatic heterocycles. The molecule has 0 aromatic carbocycles. The van der Waals surface area contributed by atoms with Crippen LogP contribution in [0.15, 0.2) is 21.7 Å². The molecule has 1 aliphatic carbocycles. The Morgan fingerprint density at radius 1 is 1.50 bits per heavy atom. The summed E-state index contributed by atoms with van der Waals surface area (Å²) in [5, 5.41) is 1.64. The van der Waals surface area contributed by atoms with E-state index in [1.54, 1.807) is 6.08 Å². The van der Waals surface area contributed by atoms with Gasteiger partial charge >= 0.3 is 0 Å². The number of halogens is 2. The molecular weight excluding hydrogens is 143 g/mol. The van der Waals surface area contributed by atoms with Gasteiger partial charge in [-0.25, -0.2) is 0 Å². The standard InChI is InChI=1S/C6H6Cl2/c1-4-2-5(7)3-6(4)8/h3H,2H2,1H3. The summed E-state index contributed by atoms with van der Waals surface area (Å²) in [6, 6.07) is 0. The third kappa shape index (κ3) is 1.07. The molecule has 0 saturated carbocycles. The van der Waals surface area contributed by atoms with Gasteiger partial charge in [-0.3, -0.25) is 0 Å². The van der Waals surface area contributed by atoms with Crippen LogP contribution < -0.4 is 0 Å². The molecule has 0 bridgehead atoms. The van der Waals surface area contributed by atoms with E-state index in [-0.39, 0.29) is 0 Å². The van der Waals surface area contributed by atoms with E-state index in [1.165, 1.54) is 0 Å². The Balaban J connectivity index is 2.79. The molecule has 0 spiro atoms. The van der Waals surface area contributed by atoms with Gasteiger partial charge in [-0.1, -0.05) is 23.2 Å². The Kier molecular flexibility index (Phi) is 1.64. The van der Waals surface area contributed by atoms with Gasteiger partial charge in [0.25, 0.3) is 0 Å². The summed E-state index contributed by atoms with van der Waals surface area (Å²) >= 11 is 11.3. The molecule has 0 unspecified atom stereocenters. The van der Waals surface area contributed by atoms with Crippen LogP contribution in [0.3, 0.4) is 0 Å². The van der Waals surface area contributed by atoms with E-state index in [0.717, 1.165) is 22.1 Å². The molecule has 0 N–H and O–H groups in total. The first-order valence-corrected chi connectivity index (χ1v) is 3.17. The lowest BCUT2D eigenvalue weighted by atomic mass is 10.3. The minimum Gasteiger partial charge on any atom is -0.0887 e. The van der Waals surface area contributed by atoms with Crippen LogP contribution in [-0.2, 0) is 0 Å². The van der Waals surface area contributed by atoms with Gasteiger partial charge in [0.2, 0.25) is 0 Å². The summed E-state index contributed by atoms with van der Waals surface area (Å²) in [6.07, 6.45) is 2.62. The number of allylic oxidation sites excluding steroid dienone is 4. The molecule has 0 fully saturated rings. The maximum absolute atomic E-state index is 5.68. The SMILES string of the molecule is CC1=C(Cl)C=C(Cl)C1. The quantitative estimate of drug-likeness (QED) is 0.496. The number of hydrogen-bond acceptors (Lipinski definition) is 0. The minimum absolute atomic E-state index is 0.801. The van der Waals surface area contributed by atoms with Gasteiger partial charge < -0.3 is 0 Å². The van der Waals surface area contributed by atoms with Gasteiger partial charge in [0, 0.05) is 16.5 Å². The van der Waals surface area contributed by atoms with E-state index in [1.807, 2.05) is 6.92 Å². The second-order valence-corrected chi connectivity index (χ2v) is 2.79. The fourth-order valence-corrected chi connectivity index (χ4v) is 1.21. The highest BCUT2D eigenvalue weighted by atomic mass is 35.5. The average Bonchev–Trinajstić information content (AvgIpc) is 1.85. The van der Waals surface area contributed by atoms with Gasteiger partial charge in [-0.05, 0) is 18.6 Å². The molecule has 0 radical (unpaired) electrons. The summed E-state index contributed by atoms with van der Waals surface area (Å²) in [5.41, 5.74) is 1.16. The Morgan fingerprint density at radius 3 is 2.25 bits per heavy atom. The van der Waals surface area contributed by atoms with Crippen LogP contribution in [-0.4, -0.2) is 0 Å². The van der Waals surface area contributed by atoms with Crippen molar-refractivity contribution in [1.29, 1.82) is 0 Å². The minimum atomic E-state index is 0.801. The topological polar surface area (TPSA) is 0 Å². The molecule has 1 aliphatic rings. The van der Waals surface area contributed by atoms with E-state index in [4.69, 9.17) is 23.2 Å². The third-order valence-electron chi connectivity index (χ3n) is 1.13. The highest BCUT2D eigenvalue weighted by Crippen LogP contribution is 2.29. The molecule has 0 aliphatic heterocycles. The van der Waals surface area contributed by atoms with Crippen molar-refractivity contribution in [3.05, 3.63) is 21.7 Å². The van der Waals surface area contributed by atoms with Crippen LogP contribution in [0.2, 0.25) is 0 Å². The Morgan fingerprint density at radius 2 is 2.12 bits per heavy atom. The van der Waals surface area contributed by atoms with Crippen molar-refractivity contribution >= 4 is 23.2 Å². The summed E-state index contributed by atoms with van der Waals surface area (Å²) in [6.45, 7) is 1.98. The van der Waals surface area contributed by atoms with Crippen LogP contribution in [0.25, 0.3) is 0 Å². The summed E-state index contributed by atoms with van der Waals surface area (Å²) in [4.78, 5) is 0. The zero-order valence-corrected chi connectivity index (χ0v) is 6.05. The first kappa shape index (κ1) is 6.18. The Hall–Kier alpha value is 0.0600. The normalized spacial score (nSPS) is 19.6. The smallest absolute Gasteiger partial charge is 0.0410 e. The molecule has 44 valence electrons. The van der Waals surface area contributed by atoms with E-state index in [2.05, 4.69) is 0 Å². The maximum Gasteiger partial charge on any atom is 0.0410 e. The van der Waals surface area contributed by atoms with Gasteiger partial charge in [0.15, 0.2) is 0 Å². The van der Waals surface area contributed by atoms with Crippen LogP contribution in [0.1, 0.15) is 13.3 Å². The van der Waals surface area contributed by atoms with Crippen molar-refractivity contribution in [3.63, 3.8) is 0 Å². The second kappa shape index (κ2) is 2.12. The highest BCUT2D eigenvalue weighted by molar-refractivity contribution is 6.36. The molecule has 0 aromatic rings. The van der Waals surface area contributed by atoms with Gasteiger partial charge in [0.1, 0.15) is 0 Å². The number of rotatable bonds is 0. The van der Waals surface area contributed by atoms with Gasteiger partial charge in [-0.15, -0.1) is 0 Å². The van der Waals surface area contributed by atoms with Crippen molar-refractivity contribution < 1.29 is 0 Å². The lowest BCUT2D eigenvalue weighted by Gasteiger charge is -1.87. The van der Waals surface area contributed by atoms with Crippen LogP contribution in [0.4, 0.5) is 0 Å². The molecular formula is C6H6Cl2. The van der Waals surface area contributed by atoms with Crippen LogP contribution >= 0.6 is 23.2 Å². The van der Waals surface area contributed by atoms with E-state index in [9.17, 15) is 0 Å². The van der Waals surface area contributed by atoms with Crippen molar-refractivity contribution in [2.75, 3.05) is 0 Å². The fourth-order valence-electron chi connectivity index (χ4n) is 0.649. The van der Waals surface area contributed by atoms with E-state index in [0.29, 0.717) is 0 Å². The van der Waals surface area contributed by atoms with Crippen molar-refractivity contribution in [2.45, 2.75) is 13.3 Å². The molecule has 0 atom stereocenters. The lowest BCUT2D eigenvalue weighted by molar-refractivity contribution is 1.23. The van der Waals surface area contributed by atoms with Crippen molar-refractivity contribution in [1.82, 2.24) is 0 Å². The molecule has 0 amide bonds. The van der Waals surface area contributed by atoms with Crippen LogP contribution in [0.5, 0.6) is 0 Å². The maximum atomic E-state index is 5.68. The van der Waals surface area contributed by atoms with Crippen molar-refractivity contribution in [3.8, 4) is 0 Å². The predicted octanol–water partition coefficient (Wildman–Crippen LogP) is 3.03. The molecule has 0 nitrogen and oxygen atoms in total. The Labute approximate surface area is 58.8 Å². The molecule has 0 saturated heterocycles. The third-order valence-corrected chi connectivity index (χ3v) is 1.80. The molecule has 0 heterocycles. The molecule has 2 heteroatoms. The highest BCUT2D eigenvalue weighted by Gasteiger charge is 2.06. The largest absolute Gasteiger partial charge is 0.0887 e. The summed E-state index contributed by atoms with van der Waals surface area (Å²) < 4.78 is 0.